The zero-order chi connectivity index (χ0) is 27.0. The summed E-state index contributed by atoms with van der Waals surface area (Å²) in [5, 5.41) is 12.4. The second-order valence-electron chi connectivity index (χ2n) is 9.01. The number of fused-ring (bicyclic) bond motifs is 1. The van der Waals surface area contributed by atoms with Crippen LogP contribution in [0.1, 0.15) is 49.0 Å². The minimum atomic E-state index is -4.93. The van der Waals surface area contributed by atoms with Crippen molar-refractivity contribution < 1.29 is 22.8 Å². The van der Waals surface area contributed by atoms with Crippen molar-refractivity contribution in [2.75, 3.05) is 26.2 Å². The summed E-state index contributed by atoms with van der Waals surface area (Å²) in [6.45, 7) is 4.66. The van der Waals surface area contributed by atoms with Crippen LogP contribution >= 0.6 is 0 Å². The van der Waals surface area contributed by atoms with Crippen molar-refractivity contribution in [1.29, 1.82) is 0 Å². The van der Waals surface area contributed by atoms with Crippen LogP contribution in [0, 0.1) is 0 Å². The van der Waals surface area contributed by atoms with Crippen LogP contribution in [-0.4, -0.2) is 76.9 Å². The summed E-state index contributed by atoms with van der Waals surface area (Å²) in [5.41, 5.74) is -1.64. The Balaban J connectivity index is 1.79. The van der Waals surface area contributed by atoms with Gasteiger partial charge in [0.25, 0.3) is 5.91 Å². The number of nitrogens with zero attached hydrogens (tertiary/aromatic N) is 8. The van der Waals surface area contributed by atoms with Gasteiger partial charge < -0.3 is 9.80 Å². The largest absolute Gasteiger partial charge is 0.420 e. The van der Waals surface area contributed by atoms with Crippen molar-refractivity contribution in [3.63, 3.8) is 0 Å². The fourth-order valence-corrected chi connectivity index (χ4v) is 4.86. The molecule has 0 radical (unpaired) electrons. The number of halogens is 3. The number of aromatic nitrogens is 6. The van der Waals surface area contributed by atoms with E-state index >= 15 is 0 Å². The molecular weight excluding hydrogens is 501 g/mol. The second kappa shape index (κ2) is 9.95. The van der Waals surface area contributed by atoms with Gasteiger partial charge in [0, 0.05) is 38.1 Å². The van der Waals surface area contributed by atoms with Gasteiger partial charge in [-0.3, -0.25) is 9.36 Å². The lowest BCUT2D eigenvalue weighted by atomic mass is 10.1. The van der Waals surface area contributed by atoms with E-state index in [4.69, 9.17) is 0 Å². The molecule has 3 aromatic heterocycles. The fraction of sp³-hybridized carbons (Fsp3) is 0.400. The summed E-state index contributed by atoms with van der Waals surface area (Å²) >= 11 is 0. The molecule has 4 aromatic rings. The average molecular weight is 529 g/mol. The first kappa shape index (κ1) is 25.5. The van der Waals surface area contributed by atoms with Gasteiger partial charge in [0.05, 0.1) is 5.56 Å². The van der Waals surface area contributed by atoms with Gasteiger partial charge in [0.2, 0.25) is 11.6 Å². The Kier molecular flexibility index (Phi) is 6.67. The molecule has 13 heteroatoms. The lowest BCUT2D eigenvalue weighted by Crippen LogP contribution is -2.39. The highest BCUT2D eigenvalue weighted by atomic mass is 19.4. The van der Waals surface area contributed by atoms with Crippen LogP contribution < -0.4 is 0 Å². The fourth-order valence-electron chi connectivity index (χ4n) is 4.86. The third-order valence-electron chi connectivity index (χ3n) is 6.75. The van der Waals surface area contributed by atoms with Crippen molar-refractivity contribution in [1.82, 2.24) is 38.7 Å². The molecule has 1 aliphatic heterocycles. The number of carbonyl (C=O) groups excluding carboxylic acids is 2. The number of piperidine rings is 1. The third kappa shape index (κ3) is 4.31. The lowest BCUT2D eigenvalue weighted by Gasteiger charge is -2.27. The molecule has 4 heterocycles. The maximum Gasteiger partial charge on any atom is 0.420 e. The molecule has 1 aliphatic rings. The summed E-state index contributed by atoms with van der Waals surface area (Å²) in [7, 11) is 0. The number of carbonyl (C=O) groups is 2. The van der Waals surface area contributed by atoms with Gasteiger partial charge in [-0.15, -0.1) is 15.3 Å². The van der Waals surface area contributed by atoms with E-state index in [9.17, 15) is 22.8 Å². The maximum absolute atomic E-state index is 14.6. The highest BCUT2D eigenvalue weighted by Gasteiger charge is 2.43. The zero-order valence-electron chi connectivity index (χ0n) is 21.0. The molecule has 0 saturated carbocycles. The van der Waals surface area contributed by atoms with Gasteiger partial charge in [-0.2, -0.15) is 13.2 Å². The number of para-hydroxylation sites is 1. The van der Waals surface area contributed by atoms with Gasteiger partial charge in [-0.05, 0) is 45.2 Å². The van der Waals surface area contributed by atoms with Crippen LogP contribution in [0.2, 0.25) is 0 Å². The summed E-state index contributed by atoms with van der Waals surface area (Å²) in [6.07, 6.45) is -0.0664. The first-order valence-electron chi connectivity index (χ1n) is 12.5. The lowest BCUT2D eigenvalue weighted by molar-refractivity contribution is -0.136. The number of hydrogen-bond donors (Lipinski definition) is 0. The number of amides is 2. The van der Waals surface area contributed by atoms with Crippen LogP contribution in [0.25, 0.3) is 23.0 Å². The third-order valence-corrected chi connectivity index (χ3v) is 6.75. The van der Waals surface area contributed by atoms with Crippen LogP contribution in [-0.2, 0) is 6.18 Å². The monoisotopic (exact) mass is 528 g/mol. The molecule has 10 nitrogen and oxygen atoms in total. The Morgan fingerprint density at radius 1 is 1.00 bits per heavy atom. The Bertz CT molecular complexity index is 1460. The summed E-state index contributed by atoms with van der Waals surface area (Å²) in [5.74, 6) is -0.793. The van der Waals surface area contributed by atoms with Crippen molar-refractivity contribution in [3.05, 3.63) is 54.0 Å². The van der Waals surface area contributed by atoms with Gasteiger partial charge >= 0.3 is 12.2 Å². The SMILES string of the molecule is CCN(CC)C(=O)c1cn2nc(-c3nncn3-c3ccccc3)n(C(=O)N3CCCCC3)c2c1C(F)(F)F. The van der Waals surface area contributed by atoms with Gasteiger partial charge in [-0.25, -0.2) is 13.9 Å². The summed E-state index contributed by atoms with van der Waals surface area (Å²) in [6, 6.07) is 8.31. The predicted molar refractivity (Wildman–Crippen MR) is 132 cm³/mol. The van der Waals surface area contributed by atoms with Crippen molar-refractivity contribution in [2.24, 2.45) is 0 Å². The van der Waals surface area contributed by atoms with Gasteiger partial charge in [0.15, 0.2) is 5.65 Å². The van der Waals surface area contributed by atoms with Gasteiger partial charge in [0.1, 0.15) is 11.9 Å². The molecule has 1 aromatic carbocycles. The molecule has 0 atom stereocenters. The van der Waals surface area contributed by atoms with Crippen LogP contribution in [0.15, 0.2) is 42.9 Å². The molecule has 1 fully saturated rings. The summed E-state index contributed by atoms with van der Waals surface area (Å²) < 4.78 is 47.4. The van der Waals surface area contributed by atoms with Crippen molar-refractivity contribution in [3.8, 4) is 17.3 Å². The number of rotatable bonds is 5. The smallest absolute Gasteiger partial charge is 0.339 e. The van der Waals surface area contributed by atoms with E-state index in [1.807, 2.05) is 6.07 Å². The number of likely N-dealkylation sites (tertiary alicyclic amines) is 1. The van der Waals surface area contributed by atoms with Crippen molar-refractivity contribution >= 4 is 17.6 Å². The van der Waals surface area contributed by atoms with E-state index in [1.165, 1.54) is 16.1 Å². The normalized spacial score (nSPS) is 14.3. The highest BCUT2D eigenvalue weighted by Crippen LogP contribution is 2.39. The molecule has 0 aliphatic carbocycles. The van der Waals surface area contributed by atoms with E-state index in [0.29, 0.717) is 18.8 Å². The Hall–Kier alpha value is -4.16. The molecule has 1 saturated heterocycles. The van der Waals surface area contributed by atoms with Crippen LogP contribution in [0.4, 0.5) is 18.0 Å². The standard InChI is InChI=1S/C25H27F3N8O2/c1-3-32(4-2)23(37)18-15-35-22(19(18)25(26,27)28)36(24(38)33-13-9-6-10-14-33)21(31-35)20-30-29-16-34(20)17-11-7-5-8-12-17/h5,7-8,11-12,15-16H,3-4,6,9-10,13-14H2,1-2H3. The molecule has 0 unspecified atom stereocenters. The van der Waals surface area contributed by atoms with Crippen LogP contribution in [0.3, 0.4) is 0 Å². The minimum absolute atomic E-state index is 0.0926. The molecule has 5 rings (SSSR count). The predicted octanol–water partition coefficient (Wildman–Crippen LogP) is 4.34. The first-order chi connectivity index (χ1) is 18.3. The summed E-state index contributed by atoms with van der Waals surface area (Å²) in [4.78, 5) is 29.8. The molecule has 0 spiro atoms. The topological polar surface area (TPSA) is 93.6 Å². The average Bonchev–Trinajstić information content (AvgIpc) is 3.63. The minimum Gasteiger partial charge on any atom is -0.339 e. The van der Waals surface area contributed by atoms with E-state index in [2.05, 4.69) is 15.3 Å². The quantitative estimate of drug-likeness (QED) is 0.384. The Morgan fingerprint density at radius 3 is 2.32 bits per heavy atom. The van der Waals surface area contributed by atoms with E-state index in [-0.39, 0.29) is 24.7 Å². The van der Waals surface area contributed by atoms with Crippen LogP contribution in [0.5, 0.6) is 0 Å². The molecule has 38 heavy (non-hydrogen) atoms. The number of alkyl halides is 3. The molecule has 0 bridgehead atoms. The zero-order valence-corrected chi connectivity index (χ0v) is 21.0. The number of hydrogen-bond acceptors (Lipinski definition) is 5. The van der Waals surface area contributed by atoms with E-state index in [0.717, 1.165) is 34.5 Å². The van der Waals surface area contributed by atoms with Crippen molar-refractivity contribution in [2.45, 2.75) is 39.3 Å². The first-order valence-corrected chi connectivity index (χ1v) is 12.5. The highest BCUT2D eigenvalue weighted by molar-refractivity contribution is 5.99. The molecule has 200 valence electrons. The molecule has 0 N–H and O–H groups in total. The molecule has 2 amide bonds. The number of benzene rings is 1. The van der Waals surface area contributed by atoms with E-state index < -0.39 is 34.9 Å². The molecular formula is C25H27F3N8O2. The maximum atomic E-state index is 14.6. The Morgan fingerprint density at radius 2 is 1.68 bits per heavy atom. The van der Waals surface area contributed by atoms with E-state index in [1.54, 1.807) is 42.7 Å². The second-order valence-corrected chi connectivity index (χ2v) is 9.01. The van der Waals surface area contributed by atoms with Gasteiger partial charge in [-0.1, -0.05) is 18.2 Å². The Labute approximate surface area is 216 Å².